The lowest BCUT2D eigenvalue weighted by Gasteiger charge is -2.30. The third-order valence-corrected chi connectivity index (χ3v) is 2.25. The average molecular weight is 244 g/mol. The van der Waals surface area contributed by atoms with Gasteiger partial charge in [0.1, 0.15) is 0 Å². The van der Waals surface area contributed by atoms with Gasteiger partial charge in [-0.05, 0) is 13.8 Å². The van der Waals surface area contributed by atoms with Gasteiger partial charge in [-0.3, -0.25) is 4.90 Å². The van der Waals surface area contributed by atoms with E-state index in [1.54, 1.807) is 0 Å². The molecule has 0 spiro atoms. The second-order valence-electron chi connectivity index (χ2n) is 3.89. The molecule has 1 rings (SSSR count). The van der Waals surface area contributed by atoms with Crippen LogP contribution in [0.5, 0.6) is 0 Å². The molecular formula is C11H20N2O4. The van der Waals surface area contributed by atoms with E-state index in [4.69, 9.17) is 10.2 Å². The van der Waals surface area contributed by atoms with Crippen LogP contribution in [0.25, 0.3) is 0 Å². The molecule has 0 aromatic carbocycles. The van der Waals surface area contributed by atoms with Crippen molar-refractivity contribution in [1.82, 2.24) is 10.2 Å². The second-order valence-corrected chi connectivity index (χ2v) is 3.89. The first-order chi connectivity index (χ1) is 7.93. The summed E-state index contributed by atoms with van der Waals surface area (Å²) in [5.74, 6) is -2.51. The second kappa shape index (κ2) is 8.72. The van der Waals surface area contributed by atoms with E-state index >= 15 is 0 Å². The SMILES string of the molecule is CC(C)N1CCNCC1.O=C(O)/C=C/C(=O)O. The van der Waals surface area contributed by atoms with E-state index in [9.17, 15) is 9.59 Å². The number of carboxylic acids is 2. The van der Waals surface area contributed by atoms with Crippen LogP contribution in [0.3, 0.4) is 0 Å². The van der Waals surface area contributed by atoms with Crippen molar-refractivity contribution in [2.75, 3.05) is 26.2 Å². The molecule has 6 nitrogen and oxygen atoms in total. The normalized spacial score (nSPS) is 16.6. The third-order valence-electron chi connectivity index (χ3n) is 2.25. The number of rotatable bonds is 3. The maximum atomic E-state index is 9.55. The first-order valence-electron chi connectivity index (χ1n) is 5.52. The van der Waals surface area contributed by atoms with Gasteiger partial charge in [-0.1, -0.05) is 0 Å². The number of hydrogen-bond acceptors (Lipinski definition) is 4. The summed E-state index contributed by atoms with van der Waals surface area (Å²) in [6.45, 7) is 9.28. The molecule has 6 heteroatoms. The first kappa shape index (κ1) is 15.6. The molecule has 1 heterocycles. The molecule has 0 atom stereocenters. The van der Waals surface area contributed by atoms with Gasteiger partial charge in [0.15, 0.2) is 0 Å². The van der Waals surface area contributed by atoms with E-state index in [0.717, 1.165) is 19.1 Å². The molecule has 0 saturated carbocycles. The molecule has 1 aliphatic rings. The Morgan fingerprint density at radius 3 is 1.76 bits per heavy atom. The van der Waals surface area contributed by atoms with Crippen LogP contribution in [0, 0.1) is 0 Å². The predicted octanol–water partition coefficient (Wildman–Crippen LogP) is 0.0118. The average Bonchev–Trinajstić information content (AvgIpc) is 2.28. The molecule has 1 saturated heterocycles. The zero-order chi connectivity index (χ0) is 13.3. The highest BCUT2D eigenvalue weighted by atomic mass is 16.4. The highest BCUT2D eigenvalue weighted by Gasteiger charge is 2.11. The van der Waals surface area contributed by atoms with Gasteiger partial charge in [0.25, 0.3) is 0 Å². The van der Waals surface area contributed by atoms with Crippen molar-refractivity contribution in [3.8, 4) is 0 Å². The Hall–Kier alpha value is -1.40. The lowest BCUT2D eigenvalue weighted by Crippen LogP contribution is -2.46. The fourth-order valence-electron chi connectivity index (χ4n) is 1.34. The van der Waals surface area contributed by atoms with Crippen molar-refractivity contribution in [3.05, 3.63) is 12.2 Å². The van der Waals surface area contributed by atoms with Crippen molar-refractivity contribution in [2.24, 2.45) is 0 Å². The molecule has 0 amide bonds. The monoisotopic (exact) mass is 244 g/mol. The topological polar surface area (TPSA) is 89.9 Å². The number of hydrogen-bond donors (Lipinski definition) is 3. The zero-order valence-electron chi connectivity index (χ0n) is 10.2. The molecule has 0 radical (unpaired) electrons. The van der Waals surface area contributed by atoms with Crippen LogP contribution in [0.4, 0.5) is 0 Å². The maximum Gasteiger partial charge on any atom is 0.328 e. The summed E-state index contributed by atoms with van der Waals surface area (Å²) in [6, 6.07) is 0.729. The molecule has 3 N–H and O–H groups in total. The molecule has 17 heavy (non-hydrogen) atoms. The Labute approximate surface area is 101 Å². The van der Waals surface area contributed by atoms with Crippen LogP contribution < -0.4 is 5.32 Å². The van der Waals surface area contributed by atoms with E-state index in [0.29, 0.717) is 12.2 Å². The molecule has 1 aliphatic heterocycles. The summed E-state index contributed by atoms with van der Waals surface area (Å²) in [5, 5.41) is 19.0. The molecule has 0 aliphatic carbocycles. The van der Waals surface area contributed by atoms with Gasteiger partial charge in [0, 0.05) is 44.4 Å². The highest BCUT2D eigenvalue weighted by molar-refractivity contribution is 5.89. The summed E-state index contributed by atoms with van der Waals surface area (Å²) in [6.07, 6.45) is 1.12. The Bertz CT molecular complexity index is 255. The summed E-state index contributed by atoms with van der Waals surface area (Å²) < 4.78 is 0. The Morgan fingerprint density at radius 1 is 1.12 bits per heavy atom. The van der Waals surface area contributed by atoms with E-state index in [-0.39, 0.29) is 0 Å². The summed E-state index contributed by atoms with van der Waals surface area (Å²) in [5.41, 5.74) is 0. The summed E-state index contributed by atoms with van der Waals surface area (Å²) >= 11 is 0. The first-order valence-corrected chi connectivity index (χ1v) is 5.52. The number of carboxylic acid groups (broad SMARTS) is 2. The predicted molar refractivity (Wildman–Crippen MR) is 64.0 cm³/mol. The molecule has 0 aromatic rings. The van der Waals surface area contributed by atoms with E-state index in [1.807, 2.05) is 0 Å². The highest BCUT2D eigenvalue weighted by Crippen LogP contribution is 1.97. The smallest absolute Gasteiger partial charge is 0.328 e. The van der Waals surface area contributed by atoms with Crippen molar-refractivity contribution >= 4 is 11.9 Å². The zero-order valence-corrected chi connectivity index (χ0v) is 10.2. The van der Waals surface area contributed by atoms with Gasteiger partial charge in [0.05, 0.1) is 0 Å². The lowest BCUT2D eigenvalue weighted by molar-refractivity contribution is -0.134. The van der Waals surface area contributed by atoms with Gasteiger partial charge >= 0.3 is 11.9 Å². The van der Waals surface area contributed by atoms with Crippen LogP contribution in [0.1, 0.15) is 13.8 Å². The third kappa shape index (κ3) is 9.52. The van der Waals surface area contributed by atoms with Gasteiger partial charge in [0.2, 0.25) is 0 Å². The summed E-state index contributed by atoms with van der Waals surface area (Å²) in [4.78, 5) is 21.6. The minimum atomic E-state index is -1.26. The van der Waals surface area contributed by atoms with Crippen LogP contribution >= 0.6 is 0 Å². The molecular weight excluding hydrogens is 224 g/mol. The van der Waals surface area contributed by atoms with Crippen LogP contribution in [-0.2, 0) is 9.59 Å². The van der Waals surface area contributed by atoms with Crippen LogP contribution in [0.2, 0.25) is 0 Å². The van der Waals surface area contributed by atoms with Crippen molar-refractivity contribution in [2.45, 2.75) is 19.9 Å². The minimum Gasteiger partial charge on any atom is -0.478 e. The van der Waals surface area contributed by atoms with E-state index in [1.165, 1.54) is 13.1 Å². The molecule has 0 aromatic heterocycles. The number of aliphatic carboxylic acids is 2. The van der Waals surface area contributed by atoms with Gasteiger partial charge in [-0.25, -0.2) is 9.59 Å². The van der Waals surface area contributed by atoms with Crippen LogP contribution in [0.15, 0.2) is 12.2 Å². The van der Waals surface area contributed by atoms with E-state index in [2.05, 4.69) is 24.1 Å². The quantitative estimate of drug-likeness (QED) is 0.606. The minimum absolute atomic E-state index is 0.558. The summed E-state index contributed by atoms with van der Waals surface area (Å²) in [7, 11) is 0. The molecule has 98 valence electrons. The largest absolute Gasteiger partial charge is 0.478 e. The Morgan fingerprint density at radius 2 is 1.53 bits per heavy atom. The van der Waals surface area contributed by atoms with Gasteiger partial charge in [-0.15, -0.1) is 0 Å². The van der Waals surface area contributed by atoms with Gasteiger partial charge in [-0.2, -0.15) is 0 Å². The van der Waals surface area contributed by atoms with Crippen molar-refractivity contribution in [3.63, 3.8) is 0 Å². The van der Waals surface area contributed by atoms with Crippen molar-refractivity contribution < 1.29 is 19.8 Å². The van der Waals surface area contributed by atoms with E-state index < -0.39 is 11.9 Å². The fourth-order valence-corrected chi connectivity index (χ4v) is 1.34. The van der Waals surface area contributed by atoms with Crippen LogP contribution in [-0.4, -0.2) is 59.3 Å². The number of piperazine rings is 1. The molecule has 0 unspecified atom stereocenters. The standard InChI is InChI=1S/C7H16N2.C4H4O4/c1-7(2)9-5-3-8-4-6-9;5-3(6)1-2-4(7)8/h7-8H,3-6H2,1-2H3;1-2H,(H,5,6)(H,7,8)/b;2-1+. The van der Waals surface area contributed by atoms with Crippen molar-refractivity contribution in [1.29, 1.82) is 0 Å². The number of nitrogens with zero attached hydrogens (tertiary/aromatic N) is 1. The maximum absolute atomic E-state index is 9.55. The molecule has 1 fully saturated rings. The molecule has 0 bridgehead atoms. The number of carbonyl (C=O) groups is 2. The fraction of sp³-hybridized carbons (Fsp3) is 0.636. The Kier molecular flexibility index (Phi) is 8.00. The Balaban J connectivity index is 0.000000304. The lowest BCUT2D eigenvalue weighted by atomic mass is 10.3. The van der Waals surface area contributed by atoms with Gasteiger partial charge < -0.3 is 15.5 Å². The number of nitrogens with one attached hydrogen (secondary N) is 1.